The average Bonchev–Trinajstić information content (AvgIpc) is 3.04. The molecule has 2 N–H and O–H groups in total. The van der Waals surface area contributed by atoms with Crippen molar-refractivity contribution in [1.82, 2.24) is 0 Å². The number of benzene rings is 1. The molecule has 0 unspecified atom stereocenters. The zero-order valence-corrected chi connectivity index (χ0v) is 28.1. The Bertz CT molecular complexity index is 1050. The van der Waals surface area contributed by atoms with E-state index in [9.17, 15) is 19.8 Å². The summed E-state index contributed by atoms with van der Waals surface area (Å²) in [6, 6.07) is 4.59. The van der Waals surface area contributed by atoms with Crippen LogP contribution in [0.5, 0.6) is 5.75 Å². The minimum absolute atomic E-state index is 0.0940. The van der Waals surface area contributed by atoms with Crippen molar-refractivity contribution >= 4 is 11.9 Å². The number of aliphatic hydroxyl groups is 2. The lowest BCUT2D eigenvalue weighted by Gasteiger charge is -2.37. The molecule has 7 nitrogen and oxygen atoms in total. The molecule has 0 radical (unpaired) electrons. The lowest BCUT2D eigenvalue weighted by molar-refractivity contribution is -0.139. The van der Waals surface area contributed by atoms with E-state index in [0.29, 0.717) is 69.0 Å². The molecule has 0 amide bonds. The molecule has 0 heterocycles. The number of esters is 2. The molecule has 1 aromatic rings. The second-order valence-corrected chi connectivity index (χ2v) is 13.7. The summed E-state index contributed by atoms with van der Waals surface area (Å²) in [6.07, 6.45) is 13.7. The van der Waals surface area contributed by atoms with Crippen LogP contribution in [0.25, 0.3) is 0 Å². The van der Waals surface area contributed by atoms with Crippen molar-refractivity contribution in [2.45, 2.75) is 110 Å². The summed E-state index contributed by atoms with van der Waals surface area (Å²) in [5.41, 5.74) is 4.28. The first-order valence-corrected chi connectivity index (χ1v) is 17.3. The first-order valence-electron chi connectivity index (χ1n) is 17.3. The summed E-state index contributed by atoms with van der Waals surface area (Å²) in [6.45, 7) is 13.8. The van der Waals surface area contributed by atoms with E-state index in [-0.39, 0.29) is 31.1 Å². The molecule has 0 bridgehead atoms. The van der Waals surface area contributed by atoms with E-state index in [4.69, 9.17) is 14.2 Å². The normalized spacial score (nSPS) is 21.7. The molecule has 0 saturated heterocycles. The van der Waals surface area contributed by atoms with Crippen LogP contribution in [0.4, 0.5) is 0 Å². The number of hydrogen-bond acceptors (Lipinski definition) is 7. The lowest BCUT2D eigenvalue weighted by atomic mass is 9.68. The van der Waals surface area contributed by atoms with Crippen molar-refractivity contribution in [1.29, 1.82) is 0 Å². The van der Waals surface area contributed by atoms with Crippen LogP contribution < -0.4 is 4.74 Å². The van der Waals surface area contributed by atoms with Gasteiger partial charge < -0.3 is 24.4 Å². The number of rotatable bonds is 18. The van der Waals surface area contributed by atoms with Gasteiger partial charge in [0, 0.05) is 30.3 Å². The van der Waals surface area contributed by atoms with Crippen LogP contribution >= 0.6 is 0 Å². The molecule has 0 aromatic heterocycles. The van der Waals surface area contributed by atoms with E-state index in [2.05, 4.69) is 32.2 Å². The molecule has 0 aliphatic heterocycles. The van der Waals surface area contributed by atoms with Gasteiger partial charge in [-0.25, -0.2) is 9.59 Å². The van der Waals surface area contributed by atoms with E-state index in [1.54, 1.807) is 13.8 Å². The van der Waals surface area contributed by atoms with Gasteiger partial charge in [-0.15, -0.1) is 0 Å². The highest BCUT2D eigenvalue weighted by Crippen LogP contribution is 2.45. The fraction of sp³-hybridized carbons (Fsp3) is 0.684. The van der Waals surface area contributed by atoms with Gasteiger partial charge in [-0.1, -0.05) is 45.1 Å². The molecule has 0 spiro atoms. The molecular formula is C38H58O7. The average molecular weight is 627 g/mol. The molecule has 2 aliphatic rings. The molecule has 1 aromatic carbocycles. The molecule has 2 saturated carbocycles. The van der Waals surface area contributed by atoms with Gasteiger partial charge in [-0.05, 0) is 125 Å². The quantitative estimate of drug-likeness (QED) is 0.100. The Morgan fingerprint density at radius 3 is 1.69 bits per heavy atom. The molecule has 45 heavy (non-hydrogen) atoms. The molecule has 2 aliphatic carbocycles. The van der Waals surface area contributed by atoms with E-state index in [0.717, 1.165) is 34.6 Å². The summed E-state index contributed by atoms with van der Waals surface area (Å²) >= 11 is 0. The highest BCUT2D eigenvalue weighted by Gasteiger charge is 2.31. The van der Waals surface area contributed by atoms with E-state index >= 15 is 0 Å². The van der Waals surface area contributed by atoms with Crippen LogP contribution in [0.15, 0.2) is 36.4 Å². The van der Waals surface area contributed by atoms with Crippen molar-refractivity contribution in [3.63, 3.8) is 0 Å². The van der Waals surface area contributed by atoms with E-state index < -0.39 is 0 Å². The lowest BCUT2D eigenvalue weighted by Crippen LogP contribution is -2.25. The Labute approximate surface area is 271 Å². The summed E-state index contributed by atoms with van der Waals surface area (Å²) in [5.74, 6) is 2.91. The van der Waals surface area contributed by atoms with Gasteiger partial charge >= 0.3 is 11.9 Å². The van der Waals surface area contributed by atoms with E-state index in [1.807, 2.05) is 0 Å². The zero-order chi connectivity index (χ0) is 32.8. The van der Waals surface area contributed by atoms with Crippen LogP contribution in [0, 0.1) is 23.7 Å². The van der Waals surface area contributed by atoms with Gasteiger partial charge in [0.25, 0.3) is 0 Å². The highest BCUT2D eigenvalue weighted by molar-refractivity contribution is 5.87. The number of carbonyl (C=O) groups excluding carboxylic acids is 2. The predicted octanol–water partition coefficient (Wildman–Crippen LogP) is 7.26. The van der Waals surface area contributed by atoms with Crippen LogP contribution in [0.3, 0.4) is 0 Å². The number of ether oxygens (including phenoxy) is 3. The number of aliphatic hydroxyl groups excluding tert-OH is 2. The van der Waals surface area contributed by atoms with Crippen LogP contribution in [0.1, 0.15) is 114 Å². The topological polar surface area (TPSA) is 102 Å². The molecular weight excluding hydrogens is 568 g/mol. The third kappa shape index (κ3) is 11.9. The molecule has 3 rings (SSSR count). The Hall–Kier alpha value is -2.64. The van der Waals surface area contributed by atoms with Crippen molar-refractivity contribution in [2.24, 2.45) is 23.7 Å². The molecule has 2 fully saturated rings. The number of aryl methyl sites for hydroxylation is 2. The second-order valence-electron chi connectivity index (χ2n) is 13.7. The van der Waals surface area contributed by atoms with Crippen LogP contribution in [-0.2, 0) is 31.9 Å². The predicted molar refractivity (Wildman–Crippen MR) is 178 cm³/mol. The maximum atomic E-state index is 12.0. The van der Waals surface area contributed by atoms with Gasteiger partial charge in [0.05, 0.1) is 19.8 Å². The fourth-order valence-corrected chi connectivity index (χ4v) is 6.92. The third-order valence-electron chi connectivity index (χ3n) is 9.87. The summed E-state index contributed by atoms with van der Waals surface area (Å²) in [4.78, 5) is 23.9. The summed E-state index contributed by atoms with van der Waals surface area (Å²) < 4.78 is 17.2. The maximum absolute atomic E-state index is 12.0. The third-order valence-corrected chi connectivity index (χ3v) is 9.87. The minimum Gasteiger partial charge on any atom is -0.493 e. The zero-order valence-electron chi connectivity index (χ0n) is 28.1. The number of carbonyl (C=O) groups is 2. The van der Waals surface area contributed by atoms with Crippen molar-refractivity contribution < 1.29 is 34.0 Å². The second kappa shape index (κ2) is 19.1. The monoisotopic (exact) mass is 626 g/mol. The van der Waals surface area contributed by atoms with Gasteiger partial charge in [0.1, 0.15) is 5.75 Å². The summed E-state index contributed by atoms with van der Waals surface area (Å²) in [7, 11) is 0. The standard InChI is InChI=1S/C38H58O7/c1-26(2)37(41)44-19-6-8-33-22-35(32-16-14-31(15-17-32)30-12-10-28(5)11-13-30)23-34(9-7-20-45-38(42)27(3)4)36(33)43-21-18-29(24-39)25-40/h22-23,28-32,39-40H,1,3,6-21,24-25H2,2,4-5H3. The van der Waals surface area contributed by atoms with Crippen LogP contribution in [0.2, 0.25) is 0 Å². The Kier molecular flexibility index (Phi) is 15.6. The van der Waals surface area contributed by atoms with Gasteiger partial charge in [-0.2, -0.15) is 0 Å². The first kappa shape index (κ1) is 36.8. The van der Waals surface area contributed by atoms with E-state index in [1.165, 1.54) is 56.9 Å². The maximum Gasteiger partial charge on any atom is 0.333 e. The van der Waals surface area contributed by atoms with Gasteiger partial charge in [-0.3, -0.25) is 0 Å². The Balaban J connectivity index is 1.81. The first-order chi connectivity index (χ1) is 21.6. The molecule has 0 atom stereocenters. The fourth-order valence-electron chi connectivity index (χ4n) is 6.92. The van der Waals surface area contributed by atoms with Gasteiger partial charge in [0.15, 0.2) is 0 Å². The molecule has 7 heteroatoms. The molecule has 252 valence electrons. The van der Waals surface area contributed by atoms with Crippen molar-refractivity contribution in [2.75, 3.05) is 33.0 Å². The van der Waals surface area contributed by atoms with Crippen molar-refractivity contribution in [3.8, 4) is 5.75 Å². The number of hydrogen-bond donors (Lipinski definition) is 2. The van der Waals surface area contributed by atoms with Crippen molar-refractivity contribution in [3.05, 3.63) is 53.1 Å². The Morgan fingerprint density at radius 1 is 0.778 bits per heavy atom. The Morgan fingerprint density at radius 2 is 1.24 bits per heavy atom. The van der Waals surface area contributed by atoms with Crippen LogP contribution in [-0.4, -0.2) is 55.2 Å². The summed E-state index contributed by atoms with van der Waals surface area (Å²) in [5, 5.41) is 19.1. The van der Waals surface area contributed by atoms with Gasteiger partial charge in [0.2, 0.25) is 0 Å². The smallest absolute Gasteiger partial charge is 0.333 e. The minimum atomic E-state index is -0.381. The largest absolute Gasteiger partial charge is 0.493 e. The highest BCUT2D eigenvalue weighted by atomic mass is 16.5. The SMILES string of the molecule is C=C(C)C(=O)OCCCc1cc(C2CCC(C3CCC(C)CC3)CC2)cc(CCCOC(=O)C(=C)C)c1OCCC(CO)CO.